The van der Waals surface area contributed by atoms with Crippen LogP contribution in [0.1, 0.15) is 22.9 Å². The first-order valence-electron chi connectivity index (χ1n) is 9.38. The number of hydrogen-bond donors (Lipinski definition) is 1. The quantitative estimate of drug-likeness (QED) is 0.331. The average Bonchev–Trinajstić information content (AvgIpc) is 3.36. The van der Waals surface area contributed by atoms with Crippen LogP contribution in [-0.4, -0.2) is 23.9 Å². The van der Waals surface area contributed by atoms with E-state index in [0.717, 1.165) is 23.1 Å². The van der Waals surface area contributed by atoms with E-state index in [1.807, 2.05) is 0 Å². The number of aliphatic hydroxyl groups excluding tert-OH is 1. The third-order valence-electron chi connectivity index (χ3n) is 5.09. The summed E-state index contributed by atoms with van der Waals surface area (Å²) >= 11 is 6.23. The van der Waals surface area contributed by atoms with Crippen LogP contribution in [0.15, 0.2) is 58.7 Å². The molecular formula is C23H16ClF2NO5. The first kappa shape index (κ1) is 21.6. The number of ketones is 1. The molecule has 1 amide bonds. The van der Waals surface area contributed by atoms with Crippen LogP contribution in [0, 0.1) is 18.6 Å². The zero-order valence-corrected chi connectivity index (χ0v) is 17.6. The second-order valence-corrected chi connectivity index (χ2v) is 7.52. The van der Waals surface area contributed by atoms with Crippen molar-refractivity contribution in [3.8, 4) is 5.75 Å². The Morgan fingerprint density at radius 3 is 2.53 bits per heavy atom. The highest BCUT2D eigenvalue weighted by Crippen LogP contribution is 2.44. The van der Waals surface area contributed by atoms with Crippen LogP contribution in [0.4, 0.5) is 14.5 Å². The lowest BCUT2D eigenvalue weighted by atomic mass is 9.97. The molecule has 0 spiro atoms. The summed E-state index contributed by atoms with van der Waals surface area (Å²) in [7, 11) is 1.34. The van der Waals surface area contributed by atoms with Crippen molar-refractivity contribution in [2.75, 3.05) is 12.0 Å². The smallest absolute Gasteiger partial charge is 0.300 e. The third-order valence-corrected chi connectivity index (χ3v) is 5.37. The summed E-state index contributed by atoms with van der Waals surface area (Å²) in [5.74, 6) is -4.70. The first-order valence-corrected chi connectivity index (χ1v) is 9.76. The molecule has 1 saturated heterocycles. The maximum Gasteiger partial charge on any atom is 0.300 e. The Bertz CT molecular complexity index is 1270. The largest absolute Gasteiger partial charge is 0.507 e. The number of hydrogen-bond acceptors (Lipinski definition) is 5. The van der Waals surface area contributed by atoms with Crippen molar-refractivity contribution >= 4 is 34.7 Å². The number of rotatable bonds is 4. The second kappa shape index (κ2) is 8.12. The van der Waals surface area contributed by atoms with Gasteiger partial charge >= 0.3 is 0 Å². The van der Waals surface area contributed by atoms with E-state index in [0.29, 0.717) is 5.56 Å². The summed E-state index contributed by atoms with van der Waals surface area (Å²) in [6.45, 7) is 1.73. The highest BCUT2D eigenvalue weighted by atomic mass is 35.5. The van der Waals surface area contributed by atoms with Gasteiger partial charge in [0.1, 0.15) is 23.3 Å². The molecule has 0 bridgehead atoms. The van der Waals surface area contributed by atoms with E-state index in [4.69, 9.17) is 20.8 Å². The number of amides is 1. The number of anilines is 1. The molecule has 0 radical (unpaired) electrons. The van der Waals surface area contributed by atoms with Gasteiger partial charge in [0.15, 0.2) is 11.6 Å². The van der Waals surface area contributed by atoms with E-state index >= 15 is 0 Å². The van der Waals surface area contributed by atoms with Crippen molar-refractivity contribution in [2.45, 2.75) is 13.0 Å². The fourth-order valence-electron chi connectivity index (χ4n) is 3.71. The van der Waals surface area contributed by atoms with Gasteiger partial charge in [0.25, 0.3) is 11.7 Å². The predicted octanol–water partition coefficient (Wildman–Crippen LogP) is 5.15. The molecule has 1 fully saturated rings. The van der Waals surface area contributed by atoms with Crippen molar-refractivity contribution in [3.63, 3.8) is 0 Å². The molecule has 3 aromatic rings. The number of benzene rings is 2. The van der Waals surface area contributed by atoms with Crippen LogP contribution < -0.4 is 9.64 Å². The Morgan fingerprint density at radius 2 is 1.91 bits per heavy atom. The van der Waals surface area contributed by atoms with Gasteiger partial charge in [-0.2, -0.15) is 0 Å². The summed E-state index contributed by atoms with van der Waals surface area (Å²) in [5.41, 5.74) is 0.370. The summed E-state index contributed by atoms with van der Waals surface area (Å²) < 4.78 is 38.1. The Kier molecular flexibility index (Phi) is 5.48. The first-order chi connectivity index (χ1) is 15.2. The van der Waals surface area contributed by atoms with E-state index in [1.165, 1.54) is 25.5 Å². The monoisotopic (exact) mass is 459 g/mol. The number of carbonyl (C=O) groups is 2. The molecule has 1 unspecified atom stereocenters. The van der Waals surface area contributed by atoms with Gasteiger partial charge in [0.2, 0.25) is 0 Å². The molecule has 1 atom stereocenters. The number of Topliss-reactive ketones (excluding diaryl/α,β-unsaturated/α-hetero) is 1. The molecule has 1 N–H and O–H groups in total. The van der Waals surface area contributed by atoms with Crippen molar-refractivity contribution in [1.82, 2.24) is 0 Å². The van der Waals surface area contributed by atoms with Crippen LogP contribution in [0.5, 0.6) is 5.75 Å². The third kappa shape index (κ3) is 3.42. The summed E-state index contributed by atoms with van der Waals surface area (Å²) in [4.78, 5) is 26.9. The normalized spacial score (nSPS) is 17.8. The molecule has 0 saturated carbocycles. The van der Waals surface area contributed by atoms with Crippen LogP contribution in [0.2, 0.25) is 5.02 Å². The number of carbonyl (C=O) groups excluding carboxylic acids is 2. The molecule has 1 aromatic heterocycles. The van der Waals surface area contributed by atoms with E-state index in [1.54, 1.807) is 19.1 Å². The maximum atomic E-state index is 13.9. The summed E-state index contributed by atoms with van der Waals surface area (Å²) in [6.07, 6.45) is 1.32. The van der Waals surface area contributed by atoms with Crippen LogP contribution in [0.25, 0.3) is 5.76 Å². The molecule has 2 aromatic carbocycles. The van der Waals surface area contributed by atoms with E-state index < -0.39 is 35.1 Å². The molecule has 0 aliphatic carbocycles. The molecule has 32 heavy (non-hydrogen) atoms. The molecule has 6 nitrogen and oxygen atoms in total. The Labute approximate surface area is 186 Å². The average molecular weight is 460 g/mol. The topological polar surface area (TPSA) is 80.0 Å². The molecular weight excluding hydrogens is 444 g/mol. The minimum absolute atomic E-state index is 0.0827. The van der Waals surface area contributed by atoms with Gasteiger partial charge in [0.05, 0.1) is 29.5 Å². The standard InChI is InChI=1S/C23H16ClF2NO5/c1-11-8-13(22(31-2)14(24)9-11)20(28)18-19(17-4-3-7-32-17)27(23(30)21(18)29)12-5-6-15(25)16(26)10-12/h3-10,19,28H,1-2H3/b20-18-. The molecule has 164 valence electrons. The summed E-state index contributed by atoms with van der Waals surface area (Å²) in [6, 6.07) is 7.74. The van der Waals surface area contributed by atoms with Gasteiger partial charge in [-0.1, -0.05) is 11.6 Å². The maximum absolute atomic E-state index is 13.9. The van der Waals surface area contributed by atoms with Gasteiger partial charge in [-0.05, 0) is 48.9 Å². The number of halogens is 3. The minimum atomic E-state index is -1.24. The molecule has 9 heteroatoms. The molecule has 1 aliphatic rings. The zero-order chi connectivity index (χ0) is 23.2. The fraction of sp³-hybridized carbons (Fsp3) is 0.130. The van der Waals surface area contributed by atoms with E-state index in [-0.39, 0.29) is 33.4 Å². The van der Waals surface area contributed by atoms with Crippen LogP contribution in [0.3, 0.4) is 0 Å². The van der Waals surface area contributed by atoms with Gasteiger partial charge in [0, 0.05) is 11.8 Å². The molecule has 1 aliphatic heterocycles. The minimum Gasteiger partial charge on any atom is -0.507 e. The van der Waals surface area contributed by atoms with Crippen LogP contribution in [-0.2, 0) is 9.59 Å². The second-order valence-electron chi connectivity index (χ2n) is 7.11. The van der Waals surface area contributed by atoms with Crippen LogP contribution >= 0.6 is 11.6 Å². The number of aryl methyl sites for hydroxylation is 1. The SMILES string of the molecule is COc1c(Cl)cc(C)cc1/C(O)=C1/C(=O)C(=O)N(c2ccc(F)c(F)c2)C1c1ccco1. The summed E-state index contributed by atoms with van der Waals surface area (Å²) in [5, 5.41) is 11.4. The lowest BCUT2D eigenvalue weighted by molar-refractivity contribution is -0.132. The van der Waals surface area contributed by atoms with Gasteiger partial charge in [-0.15, -0.1) is 0 Å². The number of furan rings is 1. The number of nitrogens with zero attached hydrogens (tertiary/aromatic N) is 1. The molecule has 2 heterocycles. The zero-order valence-electron chi connectivity index (χ0n) is 16.9. The highest BCUT2D eigenvalue weighted by Gasteiger charge is 2.48. The molecule has 4 rings (SSSR count). The Morgan fingerprint density at radius 1 is 1.16 bits per heavy atom. The van der Waals surface area contributed by atoms with E-state index in [9.17, 15) is 23.5 Å². The highest BCUT2D eigenvalue weighted by molar-refractivity contribution is 6.51. The number of methoxy groups -OCH3 is 1. The lowest BCUT2D eigenvalue weighted by Gasteiger charge is -2.23. The van der Waals surface area contributed by atoms with Crippen molar-refractivity contribution < 1.29 is 32.6 Å². The van der Waals surface area contributed by atoms with Crippen molar-refractivity contribution in [1.29, 1.82) is 0 Å². The van der Waals surface area contributed by atoms with Gasteiger partial charge < -0.3 is 14.3 Å². The lowest BCUT2D eigenvalue weighted by Crippen LogP contribution is -2.29. The Hall–Kier alpha value is -3.65. The van der Waals surface area contributed by atoms with Crippen molar-refractivity contribution in [3.05, 3.63) is 87.8 Å². The van der Waals surface area contributed by atoms with Crippen molar-refractivity contribution in [2.24, 2.45) is 0 Å². The van der Waals surface area contributed by atoms with Gasteiger partial charge in [-0.25, -0.2) is 8.78 Å². The Balaban J connectivity index is 1.99. The number of aliphatic hydroxyl groups is 1. The predicted molar refractivity (Wildman–Crippen MR) is 113 cm³/mol. The van der Waals surface area contributed by atoms with Gasteiger partial charge in [-0.3, -0.25) is 14.5 Å². The van der Waals surface area contributed by atoms with E-state index in [2.05, 4.69) is 0 Å². The number of ether oxygens (including phenoxy) is 1. The fourth-order valence-corrected chi connectivity index (χ4v) is 4.06.